The number of halogens is 5. The maximum Gasteiger partial charge on any atom is 0.423 e. The van der Waals surface area contributed by atoms with Gasteiger partial charge in [-0.25, -0.2) is 13.6 Å². The number of alkyl halides is 3. The lowest BCUT2D eigenvalue weighted by Crippen LogP contribution is -2.43. The fourth-order valence-electron chi connectivity index (χ4n) is 2.36. The second-order valence-corrected chi connectivity index (χ2v) is 5.62. The highest BCUT2D eigenvalue weighted by atomic mass is 19.4. The Balaban J connectivity index is 2.26. The lowest BCUT2D eigenvalue weighted by molar-refractivity contribution is -0.205. The summed E-state index contributed by atoms with van der Waals surface area (Å²) in [6.45, 7) is -0.620. The van der Waals surface area contributed by atoms with Crippen molar-refractivity contribution in [2.24, 2.45) is 0 Å². The first-order valence-corrected chi connectivity index (χ1v) is 7.74. The summed E-state index contributed by atoms with van der Waals surface area (Å²) in [5.41, 5.74) is -0.419. The molecule has 0 saturated heterocycles. The summed E-state index contributed by atoms with van der Waals surface area (Å²) in [4.78, 5) is 23.0. The third-order valence-electron chi connectivity index (χ3n) is 3.78. The van der Waals surface area contributed by atoms with Crippen molar-refractivity contribution in [1.29, 1.82) is 0 Å². The number of hydrogen-bond donors (Lipinski definition) is 2. The molecule has 0 aliphatic carbocycles. The molecule has 28 heavy (non-hydrogen) atoms. The Labute approximate surface area is 155 Å². The van der Waals surface area contributed by atoms with Crippen LogP contribution in [0.5, 0.6) is 0 Å². The molecule has 0 bridgehead atoms. The van der Waals surface area contributed by atoms with Gasteiger partial charge < -0.3 is 15.2 Å². The van der Waals surface area contributed by atoms with Gasteiger partial charge in [-0.1, -0.05) is 24.3 Å². The number of carbonyl (C=O) groups excluding carboxylic acids is 2. The van der Waals surface area contributed by atoms with Crippen LogP contribution in [0.3, 0.4) is 0 Å². The number of nitrogens with one attached hydrogen (secondary N) is 1. The third kappa shape index (κ3) is 4.63. The zero-order valence-electron chi connectivity index (χ0n) is 14.3. The summed E-state index contributed by atoms with van der Waals surface area (Å²) in [5.74, 6) is -4.48. The van der Waals surface area contributed by atoms with Gasteiger partial charge in [0.1, 0.15) is 17.2 Å². The largest absolute Gasteiger partial charge is 0.465 e. The molecule has 0 saturated carbocycles. The van der Waals surface area contributed by atoms with Gasteiger partial charge in [0.25, 0.3) is 5.91 Å². The van der Waals surface area contributed by atoms with Gasteiger partial charge in [0.2, 0.25) is 6.10 Å². The average Bonchev–Trinajstić information content (AvgIpc) is 2.64. The Morgan fingerprint density at radius 3 is 2.39 bits per heavy atom. The van der Waals surface area contributed by atoms with Crippen LogP contribution in [-0.2, 0) is 16.1 Å². The van der Waals surface area contributed by atoms with Gasteiger partial charge in [0.15, 0.2) is 0 Å². The molecule has 2 N–H and O–H groups in total. The zero-order valence-corrected chi connectivity index (χ0v) is 14.3. The summed E-state index contributed by atoms with van der Waals surface area (Å²) in [7, 11) is 1.06. The topological polar surface area (TPSA) is 75.6 Å². The maximum absolute atomic E-state index is 14.3. The predicted molar refractivity (Wildman–Crippen MR) is 87.0 cm³/mol. The summed E-state index contributed by atoms with van der Waals surface area (Å²) >= 11 is 0. The molecule has 0 aromatic heterocycles. The van der Waals surface area contributed by atoms with Crippen LogP contribution in [0.2, 0.25) is 0 Å². The molecule has 0 spiro atoms. The Hall–Kier alpha value is -3.01. The smallest absolute Gasteiger partial charge is 0.423 e. The van der Waals surface area contributed by atoms with E-state index in [1.54, 1.807) is 5.32 Å². The first-order valence-electron chi connectivity index (χ1n) is 7.74. The lowest BCUT2D eigenvalue weighted by atomic mass is 9.98. The molecule has 10 heteroatoms. The second-order valence-electron chi connectivity index (χ2n) is 5.62. The van der Waals surface area contributed by atoms with Crippen LogP contribution in [0.1, 0.15) is 15.9 Å². The van der Waals surface area contributed by atoms with Crippen molar-refractivity contribution in [2.45, 2.75) is 18.8 Å². The fraction of sp³-hybridized carbons (Fsp3) is 0.222. The van der Waals surface area contributed by atoms with E-state index in [1.165, 1.54) is 18.2 Å². The summed E-state index contributed by atoms with van der Waals surface area (Å²) in [5, 5.41) is 10.6. The minimum atomic E-state index is -5.14. The van der Waals surface area contributed by atoms with Gasteiger partial charge in [-0.2, -0.15) is 13.2 Å². The molecule has 2 aromatic rings. The number of methoxy groups -OCH3 is 1. The molecule has 0 heterocycles. The second kappa shape index (κ2) is 8.34. The number of ether oxygens (including phenoxy) is 1. The minimum absolute atomic E-state index is 0.0498. The van der Waals surface area contributed by atoms with Crippen molar-refractivity contribution in [1.82, 2.24) is 5.32 Å². The Bertz CT molecular complexity index is 898. The lowest BCUT2D eigenvalue weighted by Gasteiger charge is -2.15. The van der Waals surface area contributed by atoms with Crippen molar-refractivity contribution >= 4 is 11.9 Å². The number of benzene rings is 2. The molecule has 0 aliphatic rings. The van der Waals surface area contributed by atoms with Gasteiger partial charge in [-0.3, -0.25) is 4.79 Å². The van der Waals surface area contributed by atoms with E-state index in [-0.39, 0.29) is 16.7 Å². The fourth-order valence-corrected chi connectivity index (χ4v) is 2.36. The molecule has 5 nitrogen and oxygen atoms in total. The Morgan fingerprint density at radius 2 is 1.82 bits per heavy atom. The van der Waals surface area contributed by atoms with E-state index in [2.05, 4.69) is 4.74 Å². The van der Waals surface area contributed by atoms with E-state index in [0.717, 1.165) is 25.3 Å². The highest BCUT2D eigenvalue weighted by Gasteiger charge is 2.43. The van der Waals surface area contributed by atoms with E-state index in [9.17, 15) is 31.5 Å². The number of aliphatic hydroxyl groups is 1. The third-order valence-corrected chi connectivity index (χ3v) is 3.78. The van der Waals surface area contributed by atoms with Crippen LogP contribution in [0, 0.1) is 11.6 Å². The minimum Gasteiger partial charge on any atom is -0.465 e. The summed E-state index contributed by atoms with van der Waals surface area (Å²) < 4.78 is 69.6. The molecule has 0 radical (unpaired) electrons. The highest BCUT2D eigenvalue weighted by Crippen LogP contribution is 2.28. The van der Waals surface area contributed by atoms with Crippen LogP contribution in [0.25, 0.3) is 11.1 Å². The van der Waals surface area contributed by atoms with Crippen molar-refractivity contribution in [3.05, 3.63) is 59.2 Å². The van der Waals surface area contributed by atoms with Crippen LogP contribution in [0.15, 0.2) is 36.4 Å². The normalized spacial score (nSPS) is 12.4. The SMILES string of the molecule is COC(=O)c1c(F)cccc1-c1ccc(CNC(=O)[C@@H](O)C(F)(F)F)c(F)c1. The van der Waals surface area contributed by atoms with E-state index in [1.807, 2.05) is 0 Å². The number of amides is 1. The Morgan fingerprint density at radius 1 is 1.14 bits per heavy atom. The molecule has 0 fully saturated rings. The number of rotatable bonds is 5. The van der Waals surface area contributed by atoms with Crippen LogP contribution in [-0.4, -0.2) is 36.4 Å². The predicted octanol–water partition coefficient (Wildman–Crippen LogP) is 2.96. The number of hydrogen-bond acceptors (Lipinski definition) is 4. The summed E-state index contributed by atoms with van der Waals surface area (Å²) in [6, 6.07) is 7.08. The van der Waals surface area contributed by atoms with Crippen molar-refractivity contribution in [3.8, 4) is 11.1 Å². The van der Waals surface area contributed by atoms with E-state index in [0.29, 0.717) is 0 Å². The highest BCUT2D eigenvalue weighted by molar-refractivity contribution is 5.97. The van der Waals surface area contributed by atoms with Crippen LogP contribution in [0.4, 0.5) is 22.0 Å². The molecular weight excluding hydrogens is 389 g/mol. The van der Waals surface area contributed by atoms with E-state index >= 15 is 0 Å². The van der Waals surface area contributed by atoms with Crippen molar-refractivity contribution in [2.75, 3.05) is 7.11 Å². The average molecular weight is 403 g/mol. The van der Waals surface area contributed by atoms with Crippen LogP contribution >= 0.6 is 0 Å². The van der Waals surface area contributed by atoms with Gasteiger partial charge in [0, 0.05) is 12.1 Å². The van der Waals surface area contributed by atoms with Crippen molar-refractivity contribution < 1.29 is 41.4 Å². The number of aliphatic hydroxyl groups excluding tert-OH is 1. The molecule has 150 valence electrons. The first kappa shape index (κ1) is 21.3. The van der Waals surface area contributed by atoms with Gasteiger partial charge in [0.05, 0.1) is 7.11 Å². The molecule has 1 amide bonds. The monoisotopic (exact) mass is 403 g/mol. The van der Waals surface area contributed by atoms with Gasteiger partial charge in [-0.15, -0.1) is 0 Å². The molecule has 1 atom stereocenters. The zero-order chi connectivity index (χ0) is 21.1. The van der Waals surface area contributed by atoms with Crippen molar-refractivity contribution in [3.63, 3.8) is 0 Å². The number of esters is 1. The van der Waals surface area contributed by atoms with Crippen LogP contribution < -0.4 is 5.32 Å². The summed E-state index contributed by atoms with van der Waals surface area (Å²) in [6.07, 6.45) is -8.38. The Kier molecular flexibility index (Phi) is 6.34. The molecule has 0 unspecified atom stereocenters. The molecule has 2 aromatic carbocycles. The standard InChI is InChI=1S/C18H14F5NO4/c1-28-17(27)14-11(3-2-4-12(14)19)9-5-6-10(13(20)7-9)8-24-16(26)15(25)18(21,22)23/h2-7,15,25H,8H2,1H3,(H,24,26)/t15-/m1/s1. The van der Waals surface area contributed by atoms with Gasteiger partial charge in [-0.05, 0) is 23.3 Å². The van der Waals surface area contributed by atoms with Gasteiger partial charge >= 0.3 is 12.1 Å². The molecular formula is C18H14F5NO4. The van der Waals surface area contributed by atoms with E-state index in [4.69, 9.17) is 5.11 Å². The first-order chi connectivity index (χ1) is 13.1. The molecule has 2 rings (SSSR count). The van der Waals surface area contributed by atoms with E-state index < -0.39 is 47.9 Å². The quantitative estimate of drug-likeness (QED) is 0.595. The number of carbonyl (C=O) groups is 2. The molecule has 0 aliphatic heterocycles. The maximum atomic E-state index is 14.3.